The summed E-state index contributed by atoms with van der Waals surface area (Å²) >= 11 is 1.54. The molecule has 1 aromatic heterocycles. The number of pyridine rings is 1. The number of nitrogens with zero attached hydrogens (tertiary/aromatic N) is 1. The lowest BCUT2D eigenvalue weighted by molar-refractivity contribution is -0.137. The van der Waals surface area contributed by atoms with Crippen molar-refractivity contribution in [1.82, 2.24) is 4.98 Å². The fourth-order valence-electron chi connectivity index (χ4n) is 2.66. The smallest absolute Gasteiger partial charge is 0.355 e. The highest BCUT2D eigenvalue weighted by Crippen LogP contribution is 2.29. The Kier molecular flexibility index (Phi) is 6.95. The molecule has 1 heterocycles. The lowest BCUT2D eigenvalue weighted by Crippen LogP contribution is -2.15. The first-order valence-electron chi connectivity index (χ1n) is 8.83. The zero-order valence-corrected chi connectivity index (χ0v) is 16.8. The van der Waals surface area contributed by atoms with E-state index in [-0.39, 0.29) is 6.29 Å². The van der Waals surface area contributed by atoms with E-state index in [1.54, 1.807) is 32.1 Å². The summed E-state index contributed by atoms with van der Waals surface area (Å²) in [5.74, 6) is 0.624. The summed E-state index contributed by atoms with van der Waals surface area (Å²) in [5.41, 5.74) is 1.80. The van der Waals surface area contributed by atoms with Crippen LogP contribution in [-0.4, -0.2) is 31.2 Å². The van der Waals surface area contributed by atoms with Gasteiger partial charge in [-0.05, 0) is 35.4 Å². The van der Waals surface area contributed by atoms with Gasteiger partial charge in [-0.1, -0.05) is 42.5 Å². The Morgan fingerprint density at radius 3 is 2.21 bits per heavy atom. The average Bonchev–Trinajstić information content (AvgIpc) is 2.72. The summed E-state index contributed by atoms with van der Waals surface area (Å²) in [6, 6.07) is 14.9. The van der Waals surface area contributed by atoms with Gasteiger partial charge in [-0.2, -0.15) is 13.2 Å². The van der Waals surface area contributed by atoms with Crippen LogP contribution in [0.4, 0.5) is 13.2 Å². The van der Waals surface area contributed by atoms with Crippen LogP contribution in [0, 0.1) is 0 Å². The molecule has 0 aliphatic rings. The van der Waals surface area contributed by atoms with Crippen LogP contribution >= 0.6 is 11.8 Å². The monoisotopic (exact) mass is 419 g/mol. The molecule has 0 aliphatic carbocycles. The lowest BCUT2D eigenvalue weighted by atomic mass is 10.1. The van der Waals surface area contributed by atoms with Gasteiger partial charge in [-0.15, -0.1) is 11.8 Å². The van der Waals surface area contributed by atoms with Crippen molar-refractivity contribution in [2.75, 3.05) is 20.0 Å². The minimum atomic E-state index is -4.32. The molecule has 0 N–H and O–H groups in total. The van der Waals surface area contributed by atoms with Crippen LogP contribution in [0.15, 0.2) is 59.6 Å². The van der Waals surface area contributed by atoms with Crippen molar-refractivity contribution in [2.45, 2.75) is 17.5 Å². The summed E-state index contributed by atoms with van der Waals surface area (Å²) < 4.78 is 48.3. The maximum absolute atomic E-state index is 12.7. The standard InChI is InChI=1S/C22H20F3NO2S/c1-27-21(28-2)14-29-20-12-9-17-8-5-16(13-19(17)26-20)4-3-15-6-10-18(11-7-15)22(23,24)25/h3-13,21H,14H2,1-2H3/b4-3+. The SMILES string of the molecule is COC(CSc1ccc2ccc(/C=C/c3ccc(C(F)(F)F)cc3)cc2n1)OC. The molecule has 0 unspecified atom stereocenters. The maximum Gasteiger partial charge on any atom is 0.416 e. The molecule has 7 heteroatoms. The van der Waals surface area contributed by atoms with Crippen molar-refractivity contribution in [2.24, 2.45) is 0 Å². The summed E-state index contributed by atoms with van der Waals surface area (Å²) in [7, 11) is 3.19. The van der Waals surface area contributed by atoms with Gasteiger partial charge in [-0.3, -0.25) is 0 Å². The first kappa shape index (κ1) is 21.4. The van der Waals surface area contributed by atoms with Crippen LogP contribution in [0.25, 0.3) is 23.1 Å². The molecular formula is C22H20F3NO2S. The molecule has 0 atom stereocenters. The molecule has 3 aromatic rings. The molecular weight excluding hydrogens is 399 g/mol. The van der Waals surface area contributed by atoms with E-state index in [0.717, 1.165) is 33.6 Å². The average molecular weight is 419 g/mol. The number of rotatable bonds is 7. The van der Waals surface area contributed by atoms with Gasteiger partial charge in [-0.25, -0.2) is 4.98 Å². The van der Waals surface area contributed by atoms with Gasteiger partial charge in [0.1, 0.15) is 0 Å². The zero-order valence-electron chi connectivity index (χ0n) is 15.9. The Bertz CT molecular complexity index is 984. The Morgan fingerprint density at radius 1 is 0.931 bits per heavy atom. The number of aromatic nitrogens is 1. The van der Waals surface area contributed by atoms with Crippen molar-refractivity contribution in [3.8, 4) is 0 Å². The van der Waals surface area contributed by atoms with Crippen LogP contribution in [0.1, 0.15) is 16.7 Å². The normalized spacial score (nSPS) is 12.3. The minimum absolute atomic E-state index is 0.296. The van der Waals surface area contributed by atoms with Gasteiger partial charge >= 0.3 is 6.18 Å². The van der Waals surface area contributed by atoms with E-state index in [0.29, 0.717) is 11.3 Å². The molecule has 2 aromatic carbocycles. The number of ether oxygens (including phenoxy) is 2. The van der Waals surface area contributed by atoms with E-state index in [4.69, 9.17) is 9.47 Å². The lowest BCUT2D eigenvalue weighted by Gasteiger charge is -2.12. The fourth-order valence-corrected chi connectivity index (χ4v) is 3.57. The quantitative estimate of drug-likeness (QED) is 0.262. The van der Waals surface area contributed by atoms with Crippen molar-refractivity contribution in [1.29, 1.82) is 0 Å². The van der Waals surface area contributed by atoms with E-state index in [1.807, 2.05) is 36.4 Å². The Hall–Kier alpha value is -2.35. The van der Waals surface area contributed by atoms with Gasteiger partial charge in [0, 0.05) is 19.6 Å². The van der Waals surface area contributed by atoms with Crippen molar-refractivity contribution in [3.63, 3.8) is 0 Å². The highest BCUT2D eigenvalue weighted by atomic mass is 32.2. The van der Waals surface area contributed by atoms with E-state index >= 15 is 0 Å². The number of fused-ring (bicyclic) bond motifs is 1. The van der Waals surface area contributed by atoms with Gasteiger partial charge in [0.2, 0.25) is 0 Å². The molecule has 29 heavy (non-hydrogen) atoms. The summed E-state index contributed by atoms with van der Waals surface area (Å²) in [4.78, 5) is 4.66. The van der Waals surface area contributed by atoms with E-state index in [2.05, 4.69) is 4.98 Å². The number of benzene rings is 2. The number of halogens is 3. The van der Waals surface area contributed by atoms with Crippen LogP contribution in [-0.2, 0) is 15.7 Å². The van der Waals surface area contributed by atoms with E-state index in [9.17, 15) is 13.2 Å². The number of thioether (sulfide) groups is 1. The van der Waals surface area contributed by atoms with Crippen LogP contribution in [0.2, 0.25) is 0 Å². The molecule has 0 amide bonds. The molecule has 3 rings (SSSR count). The second kappa shape index (κ2) is 9.43. The second-order valence-corrected chi connectivity index (χ2v) is 7.31. The predicted octanol–water partition coefficient (Wildman–Crippen LogP) is 6.14. The van der Waals surface area contributed by atoms with Crippen molar-refractivity contribution < 1.29 is 22.6 Å². The highest BCUT2D eigenvalue weighted by Gasteiger charge is 2.29. The summed E-state index contributed by atoms with van der Waals surface area (Å²) in [6.45, 7) is 0. The zero-order chi connectivity index (χ0) is 20.9. The molecule has 0 aliphatic heterocycles. The fraction of sp³-hybridized carbons (Fsp3) is 0.227. The maximum atomic E-state index is 12.7. The molecule has 0 saturated carbocycles. The van der Waals surface area contributed by atoms with Gasteiger partial charge in [0.05, 0.1) is 21.9 Å². The number of alkyl halides is 3. The summed E-state index contributed by atoms with van der Waals surface area (Å²) in [6.07, 6.45) is -0.985. The first-order chi connectivity index (χ1) is 13.9. The highest BCUT2D eigenvalue weighted by molar-refractivity contribution is 7.99. The summed E-state index contributed by atoms with van der Waals surface area (Å²) in [5, 5.41) is 1.87. The molecule has 152 valence electrons. The topological polar surface area (TPSA) is 31.4 Å². The van der Waals surface area contributed by atoms with Gasteiger partial charge < -0.3 is 9.47 Å². The second-order valence-electron chi connectivity index (χ2n) is 6.27. The first-order valence-corrected chi connectivity index (χ1v) is 9.82. The van der Waals surface area contributed by atoms with Crippen LogP contribution in [0.3, 0.4) is 0 Å². The van der Waals surface area contributed by atoms with Crippen molar-refractivity contribution in [3.05, 3.63) is 71.3 Å². The molecule has 0 bridgehead atoms. The van der Waals surface area contributed by atoms with Gasteiger partial charge in [0.25, 0.3) is 0 Å². The predicted molar refractivity (Wildman–Crippen MR) is 111 cm³/mol. The Morgan fingerprint density at radius 2 is 1.55 bits per heavy atom. The number of methoxy groups -OCH3 is 2. The van der Waals surface area contributed by atoms with Crippen molar-refractivity contribution >= 4 is 34.8 Å². The number of hydrogen-bond donors (Lipinski definition) is 0. The van der Waals surface area contributed by atoms with Crippen LogP contribution < -0.4 is 0 Å². The molecule has 0 spiro atoms. The largest absolute Gasteiger partial charge is 0.416 e. The third kappa shape index (κ3) is 5.82. The molecule has 0 radical (unpaired) electrons. The third-order valence-electron chi connectivity index (χ3n) is 4.29. The Balaban J connectivity index is 1.75. The minimum Gasteiger partial charge on any atom is -0.355 e. The number of hydrogen-bond acceptors (Lipinski definition) is 4. The Labute approximate surface area is 171 Å². The molecule has 0 saturated heterocycles. The van der Waals surface area contributed by atoms with E-state index in [1.165, 1.54) is 12.1 Å². The van der Waals surface area contributed by atoms with Crippen LogP contribution in [0.5, 0.6) is 0 Å². The van der Waals surface area contributed by atoms with E-state index < -0.39 is 11.7 Å². The van der Waals surface area contributed by atoms with Gasteiger partial charge in [0.15, 0.2) is 6.29 Å². The third-order valence-corrected chi connectivity index (χ3v) is 5.25. The molecule has 3 nitrogen and oxygen atoms in total. The molecule has 0 fully saturated rings.